The number of nitrogens with zero attached hydrogens (tertiary/aromatic N) is 2. The Hall–Kier alpha value is -2.23. The van der Waals surface area contributed by atoms with Gasteiger partial charge < -0.3 is 5.32 Å². The molecule has 0 atom stereocenters. The van der Waals surface area contributed by atoms with Gasteiger partial charge in [-0.2, -0.15) is 0 Å². The van der Waals surface area contributed by atoms with Crippen LogP contribution in [0.1, 0.15) is 5.82 Å². The summed E-state index contributed by atoms with van der Waals surface area (Å²) in [7, 11) is 0. The molecule has 18 heavy (non-hydrogen) atoms. The summed E-state index contributed by atoms with van der Waals surface area (Å²) in [4.78, 5) is 8.61. The van der Waals surface area contributed by atoms with E-state index in [0.29, 0.717) is 12.4 Å². The number of aryl methyl sites for hydroxylation is 1. The lowest BCUT2D eigenvalue weighted by Gasteiger charge is -2.07. The monoisotopic (exact) mass is 243 g/mol. The van der Waals surface area contributed by atoms with Gasteiger partial charge >= 0.3 is 0 Å². The van der Waals surface area contributed by atoms with E-state index in [1.165, 1.54) is 12.1 Å². The minimum absolute atomic E-state index is 0.255. The molecule has 1 aromatic carbocycles. The highest BCUT2D eigenvalue weighted by molar-refractivity contribution is 5.62. The van der Waals surface area contributed by atoms with Crippen LogP contribution in [0, 0.1) is 12.7 Å². The maximum absolute atomic E-state index is 12.9. The van der Waals surface area contributed by atoms with Gasteiger partial charge in [-0.05, 0) is 31.2 Å². The molecule has 1 heterocycles. The van der Waals surface area contributed by atoms with Crippen LogP contribution in [0.25, 0.3) is 11.3 Å². The average Bonchev–Trinajstić information content (AvgIpc) is 2.36. The Kier molecular flexibility index (Phi) is 3.67. The molecule has 1 N–H and O–H groups in total. The molecule has 0 saturated carbocycles. The zero-order chi connectivity index (χ0) is 13.0. The normalized spacial score (nSPS) is 10.1. The fraction of sp³-hybridized carbons (Fsp3) is 0.143. The molecule has 2 rings (SSSR count). The van der Waals surface area contributed by atoms with Crippen molar-refractivity contribution in [2.24, 2.45) is 0 Å². The van der Waals surface area contributed by atoms with E-state index in [1.807, 2.05) is 13.0 Å². The second-order valence-corrected chi connectivity index (χ2v) is 3.86. The van der Waals surface area contributed by atoms with Crippen LogP contribution in [-0.4, -0.2) is 16.5 Å². The topological polar surface area (TPSA) is 37.8 Å². The van der Waals surface area contributed by atoms with Gasteiger partial charge in [-0.1, -0.05) is 6.08 Å². The highest BCUT2D eigenvalue weighted by Gasteiger charge is 2.04. The third-order valence-electron chi connectivity index (χ3n) is 2.41. The highest BCUT2D eigenvalue weighted by Crippen LogP contribution is 2.20. The van der Waals surface area contributed by atoms with E-state index in [1.54, 1.807) is 18.2 Å². The Morgan fingerprint density at radius 2 is 2.00 bits per heavy atom. The fourth-order valence-corrected chi connectivity index (χ4v) is 1.60. The molecule has 0 saturated heterocycles. The fourth-order valence-electron chi connectivity index (χ4n) is 1.60. The number of benzene rings is 1. The number of hydrogen-bond donors (Lipinski definition) is 1. The quantitative estimate of drug-likeness (QED) is 0.838. The van der Waals surface area contributed by atoms with E-state index < -0.39 is 0 Å². The van der Waals surface area contributed by atoms with Crippen LogP contribution < -0.4 is 5.32 Å². The van der Waals surface area contributed by atoms with E-state index in [0.717, 1.165) is 17.1 Å². The molecule has 1 aromatic heterocycles. The second-order valence-electron chi connectivity index (χ2n) is 3.86. The largest absolute Gasteiger partial charge is 0.366 e. The summed E-state index contributed by atoms with van der Waals surface area (Å²) in [6.45, 7) is 6.10. The average molecular weight is 243 g/mol. The molecule has 0 spiro atoms. The van der Waals surface area contributed by atoms with Crippen LogP contribution in [0.5, 0.6) is 0 Å². The number of aromatic nitrogens is 2. The molecular weight excluding hydrogens is 229 g/mol. The van der Waals surface area contributed by atoms with Gasteiger partial charge in [-0.25, -0.2) is 14.4 Å². The van der Waals surface area contributed by atoms with E-state index in [-0.39, 0.29) is 5.82 Å². The number of rotatable bonds is 4. The van der Waals surface area contributed by atoms with Gasteiger partial charge in [-0.3, -0.25) is 0 Å². The number of halogens is 1. The highest BCUT2D eigenvalue weighted by atomic mass is 19.1. The van der Waals surface area contributed by atoms with Crippen molar-refractivity contribution in [3.05, 3.63) is 54.6 Å². The minimum atomic E-state index is -0.255. The Balaban J connectivity index is 2.35. The molecule has 92 valence electrons. The lowest BCUT2D eigenvalue weighted by atomic mass is 10.1. The van der Waals surface area contributed by atoms with Gasteiger partial charge in [0.1, 0.15) is 17.5 Å². The zero-order valence-electron chi connectivity index (χ0n) is 10.2. The Morgan fingerprint density at radius 3 is 2.67 bits per heavy atom. The molecule has 0 fully saturated rings. The maximum atomic E-state index is 12.9. The van der Waals surface area contributed by atoms with Crippen molar-refractivity contribution in [3.8, 4) is 11.3 Å². The predicted octanol–water partition coefficient (Wildman–Crippen LogP) is 3.19. The Morgan fingerprint density at radius 1 is 1.28 bits per heavy atom. The van der Waals surface area contributed by atoms with Crippen LogP contribution in [0.15, 0.2) is 43.0 Å². The Labute approximate surface area is 105 Å². The molecule has 2 aromatic rings. The van der Waals surface area contributed by atoms with Crippen molar-refractivity contribution in [1.29, 1.82) is 0 Å². The van der Waals surface area contributed by atoms with E-state index >= 15 is 0 Å². The van der Waals surface area contributed by atoms with Crippen LogP contribution in [0.4, 0.5) is 10.2 Å². The zero-order valence-corrected chi connectivity index (χ0v) is 10.2. The summed E-state index contributed by atoms with van der Waals surface area (Å²) >= 11 is 0. The van der Waals surface area contributed by atoms with Crippen molar-refractivity contribution >= 4 is 5.82 Å². The van der Waals surface area contributed by atoms with Crippen LogP contribution in [0.3, 0.4) is 0 Å². The molecule has 0 aliphatic heterocycles. The first-order chi connectivity index (χ1) is 8.69. The maximum Gasteiger partial charge on any atom is 0.130 e. The third-order valence-corrected chi connectivity index (χ3v) is 2.41. The summed E-state index contributed by atoms with van der Waals surface area (Å²) in [6.07, 6.45) is 1.76. The summed E-state index contributed by atoms with van der Waals surface area (Å²) < 4.78 is 12.9. The summed E-state index contributed by atoms with van der Waals surface area (Å²) in [5.41, 5.74) is 1.64. The molecule has 0 aliphatic carbocycles. The van der Waals surface area contributed by atoms with E-state index in [4.69, 9.17) is 0 Å². The van der Waals surface area contributed by atoms with Crippen LogP contribution in [-0.2, 0) is 0 Å². The van der Waals surface area contributed by atoms with Crippen molar-refractivity contribution in [1.82, 2.24) is 9.97 Å². The van der Waals surface area contributed by atoms with Gasteiger partial charge in [0.15, 0.2) is 0 Å². The number of hydrogen-bond acceptors (Lipinski definition) is 3. The van der Waals surface area contributed by atoms with Gasteiger partial charge in [0, 0.05) is 18.2 Å². The molecule has 0 bridgehead atoms. The first kappa shape index (κ1) is 12.2. The lowest BCUT2D eigenvalue weighted by molar-refractivity contribution is 0.628. The summed E-state index contributed by atoms with van der Waals surface area (Å²) in [6, 6.07) is 8.08. The van der Waals surface area contributed by atoms with Gasteiger partial charge in [0.25, 0.3) is 0 Å². The van der Waals surface area contributed by atoms with Crippen molar-refractivity contribution in [2.45, 2.75) is 6.92 Å². The van der Waals surface area contributed by atoms with Crippen molar-refractivity contribution < 1.29 is 4.39 Å². The van der Waals surface area contributed by atoms with Gasteiger partial charge in [0.2, 0.25) is 0 Å². The van der Waals surface area contributed by atoms with Crippen molar-refractivity contribution in [3.63, 3.8) is 0 Å². The van der Waals surface area contributed by atoms with Crippen LogP contribution >= 0.6 is 0 Å². The molecule has 3 nitrogen and oxygen atoms in total. The number of anilines is 1. The first-order valence-corrected chi connectivity index (χ1v) is 5.65. The lowest BCUT2D eigenvalue weighted by Crippen LogP contribution is -2.03. The molecule has 0 amide bonds. The van der Waals surface area contributed by atoms with Gasteiger partial charge in [-0.15, -0.1) is 6.58 Å². The molecule has 0 unspecified atom stereocenters. The van der Waals surface area contributed by atoms with E-state index in [9.17, 15) is 4.39 Å². The first-order valence-electron chi connectivity index (χ1n) is 5.65. The second kappa shape index (κ2) is 5.40. The minimum Gasteiger partial charge on any atom is -0.366 e. The van der Waals surface area contributed by atoms with Crippen molar-refractivity contribution in [2.75, 3.05) is 11.9 Å². The number of nitrogens with one attached hydrogen (secondary N) is 1. The van der Waals surface area contributed by atoms with E-state index in [2.05, 4.69) is 21.9 Å². The molecule has 0 radical (unpaired) electrons. The third kappa shape index (κ3) is 2.91. The summed E-state index contributed by atoms with van der Waals surface area (Å²) in [5.74, 6) is 1.15. The Bertz CT molecular complexity index is 549. The van der Waals surface area contributed by atoms with Crippen LogP contribution in [0.2, 0.25) is 0 Å². The summed E-state index contributed by atoms with van der Waals surface area (Å²) in [5, 5.41) is 3.11. The SMILES string of the molecule is C=CCNc1cc(-c2ccc(F)cc2)nc(C)n1. The molecule has 0 aliphatic rings. The van der Waals surface area contributed by atoms with Gasteiger partial charge in [0.05, 0.1) is 5.69 Å². The molecule has 4 heteroatoms. The predicted molar refractivity (Wildman–Crippen MR) is 70.8 cm³/mol. The standard InChI is InChI=1S/C14H14FN3/c1-3-8-16-14-9-13(17-10(2)18-14)11-4-6-12(15)7-5-11/h3-7,9H,1,8H2,2H3,(H,16,17,18). The smallest absolute Gasteiger partial charge is 0.130 e. The molecular formula is C14H14FN3.